The lowest BCUT2D eigenvalue weighted by Gasteiger charge is -2.18. The summed E-state index contributed by atoms with van der Waals surface area (Å²) in [5.74, 6) is -0.0883. The maximum Gasteiger partial charge on any atom is 0.414 e. The highest BCUT2D eigenvalue weighted by Crippen LogP contribution is 2.22. The van der Waals surface area contributed by atoms with Gasteiger partial charge >= 0.3 is 6.09 Å². The number of benzene rings is 1. The lowest BCUT2D eigenvalue weighted by Crippen LogP contribution is -2.33. The lowest BCUT2D eigenvalue weighted by molar-refractivity contribution is -0.116. The minimum absolute atomic E-state index is 0.0883. The monoisotopic (exact) mass is 291 g/mol. The van der Waals surface area contributed by atoms with Gasteiger partial charge in [0, 0.05) is 23.3 Å². The van der Waals surface area contributed by atoms with E-state index in [2.05, 4.69) is 5.32 Å². The summed E-state index contributed by atoms with van der Waals surface area (Å²) in [6.07, 6.45) is 0.611. The van der Waals surface area contributed by atoms with Crippen molar-refractivity contribution in [3.63, 3.8) is 0 Å². The molecule has 2 amide bonds. The summed E-state index contributed by atoms with van der Waals surface area (Å²) in [6.45, 7) is 4.69. The second-order valence-electron chi connectivity index (χ2n) is 5.85. The maximum absolute atomic E-state index is 11.9. The number of carbonyl (C=O) groups is 2. The van der Waals surface area contributed by atoms with E-state index < -0.39 is 0 Å². The number of nitrogens with one attached hydrogen (secondary N) is 1. The third kappa shape index (κ3) is 4.46. The molecule has 0 spiro atoms. The molecule has 1 aromatic rings. The third-order valence-corrected chi connectivity index (χ3v) is 3.20. The number of cyclic esters (lactones) is 1. The molecule has 0 bridgehead atoms. The Kier molecular flexibility index (Phi) is 4.47. The molecule has 1 aliphatic heterocycles. The molecule has 1 fully saturated rings. The van der Waals surface area contributed by atoms with Crippen molar-refractivity contribution in [3.8, 4) is 0 Å². The SMILES string of the molecule is CC(C)(N)CCC(=O)Nc1cccc(N2CCOC2=O)c1. The van der Waals surface area contributed by atoms with E-state index in [-0.39, 0.29) is 17.5 Å². The zero-order valence-corrected chi connectivity index (χ0v) is 12.4. The van der Waals surface area contributed by atoms with E-state index in [1.807, 2.05) is 19.9 Å². The van der Waals surface area contributed by atoms with Crippen molar-refractivity contribution < 1.29 is 14.3 Å². The largest absolute Gasteiger partial charge is 0.447 e. The van der Waals surface area contributed by atoms with E-state index in [0.717, 1.165) is 5.69 Å². The predicted molar refractivity (Wildman–Crippen MR) is 81.3 cm³/mol. The molecule has 6 nitrogen and oxygen atoms in total. The zero-order chi connectivity index (χ0) is 15.5. The molecule has 0 atom stereocenters. The second-order valence-corrected chi connectivity index (χ2v) is 5.85. The molecule has 0 aromatic heterocycles. The van der Waals surface area contributed by atoms with E-state index >= 15 is 0 Å². The number of rotatable bonds is 5. The molecule has 1 aliphatic rings. The van der Waals surface area contributed by atoms with Crippen molar-refractivity contribution in [2.45, 2.75) is 32.2 Å². The first-order valence-electron chi connectivity index (χ1n) is 6.98. The molecule has 6 heteroatoms. The first-order chi connectivity index (χ1) is 9.85. The number of nitrogens with zero attached hydrogens (tertiary/aromatic N) is 1. The van der Waals surface area contributed by atoms with Gasteiger partial charge in [0.2, 0.25) is 5.91 Å². The van der Waals surface area contributed by atoms with Gasteiger partial charge in [0.15, 0.2) is 0 Å². The van der Waals surface area contributed by atoms with Gasteiger partial charge in [-0.05, 0) is 38.5 Å². The number of hydrogen-bond acceptors (Lipinski definition) is 4. The van der Waals surface area contributed by atoms with Crippen LogP contribution in [-0.2, 0) is 9.53 Å². The Morgan fingerprint density at radius 2 is 2.24 bits per heavy atom. The summed E-state index contributed by atoms with van der Waals surface area (Å²) >= 11 is 0. The smallest absolute Gasteiger partial charge is 0.414 e. The van der Waals surface area contributed by atoms with Crippen LogP contribution in [0.4, 0.5) is 16.2 Å². The Labute approximate surface area is 124 Å². The van der Waals surface area contributed by atoms with Gasteiger partial charge in [-0.25, -0.2) is 4.79 Å². The topological polar surface area (TPSA) is 84.7 Å². The maximum atomic E-state index is 11.9. The van der Waals surface area contributed by atoms with E-state index in [0.29, 0.717) is 31.7 Å². The van der Waals surface area contributed by atoms with Crippen LogP contribution in [0.15, 0.2) is 24.3 Å². The molecule has 0 unspecified atom stereocenters. The molecule has 2 rings (SSSR count). The Morgan fingerprint density at radius 3 is 2.86 bits per heavy atom. The van der Waals surface area contributed by atoms with Gasteiger partial charge in [-0.2, -0.15) is 0 Å². The van der Waals surface area contributed by atoms with Crippen molar-refractivity contribution in [1.82, 2.24) is 0 Å². The van der Waals surface area contributed by atoms with Crippen molar-refractivity contribution >= 4 is 23.4 Å². The van der Waals surface area contributed by atoms with Crippen LogP contribution >= 0.6 is 0 Å². The summed E-state index contributed by atoms with van der Waals surface area (Å²) in [5.41, 5.74) is 6.87. The highest BCUT2D eigenvalue weighted by Gasteiger charge is 2.23. The van der Waals surface area contributed by atoms with Crippen LogP contribution in [0, 0.1) is 0 Å². The highest BCUT2D eigenvalue weighted by atomic mass is 16.6. The molecular weight excluding hydrogens is 270 g/mol. The number of hydrogen-bond donors (Lipinski definition) is 2. The van der Waals surface area contributed by atoms with Gasteiger partial charge in [0.05, 0.1) is 6.54 Å². The van der Waals surface area contributed by atoms with Gasteiger partial charge in [-0.15, -0.1) is 0 Å². The average Bonchev–Trinajstić information content (AvgIpc) is 2.82. The fourth-order valence-corrected chi connectivity index (χ4v) is 2.04. The molecule has 0 radical (unpaired) electrons. The molecule has 1 saturated heterocycles. The van der Waals surface area contributed by atoms with E-state index in [1.165, 1.54) is 0 Å². The number of anilines is 2. The third-order valence-electron chi connectivity index (χ3n) is 3.20. The molecule has 1 heterocycles. The van der Waals surface area contributed by atoms with Gasteiger partial charge in [0.1, 0.15) is 6.61 Å². The van der Waals surface area contributed by atoms with E-state index in [1.54, 1.807) is 23.1 Å². The number of nitrogens with two attached hydrogens (primary N) is 1. The Hall–Kier alpha value is -2.08. The predicted octanol–water partition coefficient (Wildman–Crippen LogP) is 2.10. The van der Waals surface area contributed by atoms with Crippen LogP contribution in [0.5, 0.6) is 0 Å². The van der Waals surface area contributed by atoms with E-state index in [4.69, 9.17) is 10.5 Å². The van der Waals surface area contributed by atoms with Crippen molar-refractivity contribution in [3.05, 3.63) is 24.3 Å². The Balaban J connectivity index is 1.98. The van der Waals surface area contributed by atoms with E-state index in [9.17, 15) is 9.59 Å². The Morgan fingerprint density at radius 1 is 1.48 bits per heavy atom. The van der Waals surface area contributed by atoms with Crippen LogP contribution in [0.1, 0.15) is 26.7 Å². The highest BCUT2D eigenvalue weighted by molar-refractivity contribution is 5.93. The van der Waals surface area contributed by atoms with Crippen LogP contribution in [-0.4, -0.2) is 30.7 Å². The summed E-state index contributed by atoms with van der Waals surface area (Å²) in [6, 6.07) is 7.16. The molecule has 114 valence electrons. The molecule has 0 aliphatic carbocycles. The molecule has 21 heavy (non-hydrogen) atoms. The fourth-order valence-electron chi connectivity index (χ4n) is 2.04. The minimum Gasteiger partial charge on any atom is -0.447 e. The van der Waals surface area contributed by atoms with Gasteiger partial charge in [0.25, 0.3) is 0 Å². The standard InChI is InChI=1S/C15H21N3O3/c1-15(2,16)7-6-13(19)17-11-4-3-5-12(10-11)18-8-9-21-14(18)20/h3-5,10H,6-9,16H2,1-2H3,(H,17,19). The van der Waals surface area contributed by atoms with Crippen LogP contribution < -0.4 is 16.0 Å². The number of carbonyl (C=O) groups excluding carboxylic acids is 2. The minimum atomic E-state index is -0.363. The van der Waals surface area contributed by atoms with Crippen LogP contribution in [0.2, 0.25) is 0 Å². The molecule has 1 aromatic carbocycles. The quantitative estimate of drug-likeness (QED) is 0.870. The number of amides is 2. The Bertz CT molecular complexity index is 537. The normalized spacial score (nSPS) is 15.0. The van der Waals surface area contributed by atoms with Crippen molar-refractivity contribution in [2.75, 3.05) is 23.4 Å². The van der Waals surface area contributed by atoms with Crippen molar-refractivity contribution in [2.24, 2.45) is 5.73 Å². The fraction of sp³-hybridized carbons (Fsp3) is 0.467. The lowest BCUT2D eigenvalue weighted by atomic mass is 10.00. The van der Waals surface area contributed by atoms with Crippen LogP contribution in [0.3, 0.4) is 0 Å². The van der Waals surface area contributed by atoms with Crippen molar-refractivity contribution in [1.29, 1.82) is 0 Å². The summed E-state index contributed by atoms with van der Waals surface area (Å²) < 4.78 is 4.90. The van der Waals surface area contributed by atoms with Crippen LogP contribution in [0.25, 0.3) is 0 Å². The van der Waals surface area contributed by atoms with Gasteiger partial charge in [-0.1, -0.05) is 6.07 Å². The molecular formula is C15H21N3O3. The first-order valence-corrected chi connectivity index (χ1v) is 6.98. The molecule has 3 N–H and O–H groups in total. The van der Waals surface area contributed by atoms with Gasteiger partial charge < -0.3 is 15.8 Å². The molecule has 0 saturated carbocycles. The van der Waals surface area contributed by atoms with Gasteiger partial charge in [-0.3, -0.25) is 9.69 Å². The second kappa shape index (κ2) is 6.13. The summed E-state index contributed by atoms with van der Waals surface area (Å²) in [4.78, 5) is 24.9. The number of ether oxygens (including phenoxy) is 1. The first kappa shape index (κ1) is 15.3. The average molecular weight is 291 g/mol. The zero-order valence-electron chi connectivity index (χ0n) is 12.4. The summed E-state index contributed by atoms with van der Waals surface area (Å²) in [5, 5.41) is 2.82. The summed E-state index contributed by atoms with van der Waals surface area (Å²) in [7, 11) is 0.